The molecule has 0 bridgehead atoms. The number of β-lactam (4-membered cyclic amide) rings is 1. The lowest BCUT2D eigenvalue weighted by molar-refractivity contribution is -0.150. The van der Waals surface area contributed by atoms with Crippen LogP contribution < -0.4 is 16.4 Å². The number of fused-ring (bicyclic) bond motifs is 1. The van der Waals surface area contributed by atoms with Crippen molar-refractivity contribution in [1.82, 2.24) is 30.7 Å². The fourth-order valence-corrected chi connectivity index (χ4v) is 6.55. The van der Waals surface area contributed by atoms with Crippen LogP contribution in [0, 0.1) is 6.92 Å². The molecule has 2 aliphatic heterocycles. The van der Waals surface area contributed by atoms with E-state index in [1.165, 1.54) is 39.8 Å². The number of carboxylic acids is 1. The summed E-state index contributed by atoms with van der Waals surface area (Å²) in [6.07, 6.45) is 0. The summed E-state index contributed by atoms with van der Waals surface area (Å²) in [4.78, 5) is 55.0. The fraction of sp³-hybridized carbons (Fsp3) is 0.333. The average Bonchev–Trinajstić information content (AvgIpc) is 3.45. The number of aromatic nitrogens is 3. The Morgan fingerprint density at radius 1 is 1.45 bits per heavy atom. The molecule has 1 fully saturated rings. The van der Waals surface area contributed by atoms with Crippen molar-refractivity contribution in [2.45, 2.75) is 29.5 Å². The number of urea groups is 1. The van der Waals surface area contributed by atoms with Crippen LogP contribution in [0.2, 0.25) is 0 Å². The van der Waals surface area contributed by atoms with Crippen LogP contribution in [0.3, 0.4) is 0 Å². The number of carboxylic acid groups (broad SMARTS) is 1. The van der Waals surface area contributed by atoms with Crippen LogP contribution in [-0.2, 0) is 14.4 Å². The summed E-state index contributed by atoms with van der Waals surface area (Å²) >= 11 is 3.91. The third-order valence-electron chi connectivity index (χ3n) is 4.88. The number of amides is 4. The normalized spacial score (nSPS) is 20.6. The van der Waals surface area contributed by atoms with Gasteiger partial charge in [0.1, 0.15) is 29.0 Å². The summed E-state index contributed by atoms with van der Waals surface area (Å²) in [7, 11) is 0. The highest BCUT2D eigenvalue weighted by Gasteiger charge is 2.54. The van der Waals surface area contributed by atoms with Gasteiger partial charge in [-0.3, -0.25) is 19.6 Å². The van der Waals surface area contributed by atoms with Crippen LogP contribution in [0.5, 0.6) is 0 Å². The number of primary amides is 1. The van der Waals surface area contributed by atoms with E-state index in [0.29, 0.717) is 32.9 Å². The zero-order valence-corrected chi connectivity index (χ0v) is 19.6. The molecular formula is C18H19N7O5S3. The van der Waals surface area contributed by atoms with Gasteiger partial charge >= 0.3 is 12.0 Å². The zero-order valence-electron chi connectivity index (χ0n) is 17.1. The van der Waals surface area contributed by atoms with E-state index in [1.54, 1.807) is 24.4 Å². The summed E-state index contributed by atoms with van der Waals surface area (Å²) in [6.45, 7) is 1.73. The lowest BCUT2D eigenvalue weighted by Gasteiger charge is -2.49. The van der Waals surface area contributed by atoms with E-state index in [1.807, 2.05) is 0 Å². The number of hydrogen-bond acceptors (Lipinski definition) is 9. The summed E-state index contributed by atoms with van der Waals surface area (Å²) in [5.74, 6) is -1.07. The van der Waals surface area contributed by atoms with Crippen LogP contribution >= 0.6 is 34.9 Å². The van der Waals surface area contributed by atoms with Crippen molar-refractivity contribution < 1.29 is 24.3 Å². The van der Waals surface area contributed by atoms with E-state index in [9.17, 15) is 24.3 Å². The number of rotatable bonds is 8. The Balaban J connectivity index is 1.47. The quantitative estimate of drug-likeness (QED) is 0.248. The van der Waals surface area contributed by atoms with Crippen molar-refractivity contribution in [2.75, 3.05) is 11.5 Å². The number of nitrogens with one attached hydrogen (secondary N) is 3. The number of nitrogens with two attached hydrogens (primary N) is 1. The monoisotopic (exact) mass is 509 g/mol. The van der Waals surface area contributed by atoms with Crippen LogP contribution in [-0.4, -0.2) is 71.9 Å². The molecule has 4 amide bonds. The van der Waals surface area contributed by atoms with Gasteiger partial charge < -0.3 is 21.5 Å². The van der Waals surface area contributed by atoms with Gasteiger partial charge in [-0.25, -0.2) is 14.6 Å². The standard InChI is InChI=1S/C18H19N7O5S3/c1-7-20-18(24-23-7)33-6-8-5-32-15-11(14(27)25(15)12(8)16(28)29)21-13(26)10(22-17(19)30)9-3-2-4-31-9/h2-4,10-11,15H,5-6H2,1H3,(H,21,26)(H,28,29)(H3,19,22,30)(H,20,23,24)/t10?,11-,15?/m0/s1. The second-order valence-corrected chi connectivity index (χ2v) is 10.1. The minimum absolute atomic E-state index is 0.0805. The summed E-state index contributed by atoms with van der Waals surface area (Å²) in [5, 5.41) is 23.2. The van der Waals surface area contributed by atoms with E-state index in [-0.39, 0.29) is 5.70 Å². The maximum Gasteiger partial charge on any atom is 0.352 e. The van der Waals surface area contributed by atoms with Gasteiger partial charge in [-0.15, -0.1) is 23.1 Å². The summed E-state index contributed by atoms with van der Waals surface area (Å²) in [5.41, 5.74) is 5.69. The van der Waals surface area contributed by atoms with Crippen molar-refractivity contribution in [3.8, 4) is 0 Å². The Hall–Kier alpha value is -3.04. The third kappa shape index (κ3) is 4.69. The molecule has 12 nitrogen and oxygen atoms in total. The first-order valence-electron chi connectivity index (χ1n) is 9.57. The molecule has 2 unspecified atom stereocenters. The molecule has 33 heavy (non-hydrogen) atoms. The Kier molecular flexibility index (Phi) is 6.62. The minimum atomic E-state index is -1.21. The molecule has 1 saturated heterocycles. The predicted octanol–water partition coefficient (Wildman–Crippen LogP) is 0.415. The molecule has 3 atom stereocenters. The van der Waals surface area contributed by atoms with Crippen molar-refractivity contribution in [2.24, 2.45) is 5.73 Å². The molecule has 2 aromatic heterocycles. The lowest BCUT2D eigenvalue weighted by Crippen LogP contribution is -2.71. The van der Waals surface area contributed by atoms with Gasteiger partial charge in [0, 0.05) is 16.4 Å². The van der Waals surface area contributed by atoms with Gasteiger partial charge in [0.15, 0.2) is 5.16 Å². The van der Waals surface area contributed by atoms with Crippen LogP contribution in [0.15, 0.2) is 33.9 Å². The van der Waals surface area contributed by atoms with E-state index in [4.69, 9.17) is 5.73 Å². The molecule has 15 heteroatoms. The summed E-state index contributed by atoms with van der Waals surface area (Å²) in [6, 6.07) is 0.544. The first-order valence-corrected chi connectivity index (χ1v) is 12.5. The van der Waals surface area contributed by atoms with Gasteiger partial charge in [-0.05, 0) is 23.9 Å². The predicted molar refractivity (Wildman–Crippen MR) is 121 cm³/mol. The van der Waals surface area contributed by atoms with Crippen LogP contribution in [0.1, 0.15) is 16.7 Å². The molecule has 4 rings (SSSR count). The number of hydrogen-bond donors (Lipinski definition) is 5. The van der Waals surface area contributed by atoms with Crippen molar-refractivity contribution in [1.29, 1.82) is 0 Å². The van der Waals surface area contributed by atoms with Gasteiger partial charge in [-0.2, -0.15) is 5.10 Å². The second kappa shape index (κ2) is 9.44. The van der Waals surface area contributed by atoms with Crippen molar-refractivity contribution >= 4 is 58.7 Å². The number of carbonyl (C=O) groups excluding carboxylic acids is 3. The smallest absolute Gasteiger partial charge is 0.352 e. The van der Waals surface area contributed by atoms with Gasteiger partial charge in [0.25, 0.3) is 5.91 Å². The highest BCUT2D eigenvalue weighted by Crippen LogP contribution is 2.41. The number of carbonyl (C=O) groups is 4. The molecule has 4 heterocycles. The van der Waals surface area contributed by atoms with Gasteiger partial charge in [0.05, 0.1) is 0 Å². The van der Waals surface area contributed by atoms with Gasteiger partial charge in [0.2, 0.25) is 5.91 Å². The number of thioether (sulfide) groups is 2. The molecule has 2 aliphatic rings. The highest BCUT2D eigenvalue weighted by atomic mass is 32.2. The molecule has 2 aromatic rings. The van der Waals surface area contributed by atoms with Crippen molar-refractivity contribution in [3.63, 3.8) is 0 Å². The maximum atomic E-state index is 12.9. The molecule has 0 aromatic carbocycles. The van der Waals surface area contributed by atoms with Crippen molar-refractivity contribution in [3.05, 3.63) is 39.5 Å². The number of aromatic amines is 1. The topological polar surface area (TPSA) is 183 Å². The maximum absolute atomic E-state index is 12.9. The van der Waals surface area contributed by atoms with E-state index in [2.05, 4.69) is 25.8 Å². The molecule has 0 spiro atoms. The minimum Gasteiger partial charge on any atom is -0.477 e. The van der Waals surface area contributed by atoms with E-state index >= 15 is 0 Å². The lowest BCUT2D eigenvalue weighted by atomic mass is 10.0. The van der Waals surface area contributed by atoms with Crippen LogP contribution in [0.25, 0.3) is 0 Å². The number of aryl methyl sites for hydroxylation is 1. The third-order valence-corrected chi connectivity index (χ3v) is 8.11. The number of aliphatic carboxylic acids is 1. The first kappa shape index (κ1) is 23.1. The average molecular weight is 510 g/mol. The largest absolute Gasteiger partial charge is 0.477 e. The Labute approximate surface area is 199 Å². The Morgan fingerprint density at radius 3 is 2.85 bits per heavy atom. The molecule has 0 radical (unpaired) electrons. The molecule has 0 saturated carbocycles. The van der Waals surface area contributed by atoms with E-state index < -0.39 is 41.3 Å². The second-order valence-electron chi connectivity index (χ2n) is 7.09. The number of H-pyrrole nitrogens is 1. The number of thiophene rings is 1. The molecule has 174 valence electrons. The Bertz CT molecular complexity index is 1130. The van der Waals surface area contributed by atoms with E-state index in [0.717, 1.165) is 0 Å². The molecular weight excluding hydrogens is 490 g/mol. The fourth-order valence-electron chi connectivity index (χ4n) is 3.44. The first-order chi connectivity index (χ1) is 15.8. The van der Waals surface area contributed by atoms with Gasteiger partial charge in [-0.1, -0.05) is 17.8 Å². The molecule has 6 N–H and O–H groups in total. The zero-order chi connectivity index (χ0) is 23.7. The highest BCUT2D eigenvalue weighted by molar-refractivity contribution is 8.01. The van der Waals surface area contributed by atoms with Crippen LogP contribution in [0.4, 0.5) is 4.79 Å². The SMILES string of the molecule is Cc1n[nH]c(SCC2=C(C(=O)O)N3C(=O)[C@H](NC(=O)C(NC(N)=O)c4cccs4)C3SC2)n1. The number of nitrogens with zero attached hydrogens (tertiary/aromatic N) is 3. The Morgan fingerprint density at radius 2 is 2.24 bits per heavy atom. The summed E-state index contributed by atoms with van der Waals surface area (Å²) < 4.78 is 0. The molecule has 0 aliphatic carbocycles.